The number of hydrogen-bond donors (Lipinski definition) is 1. The Kier molecular flexibility index (Phi) is 4.57. The minimum atomic E-state index is -0.703. The summed E-state index contributed by atoms with van der Waals surface area (Å²) in [7, 11) is 1.34. The average molecular weight is 348 g/mol. The second kappa shape index (κ2) is 6.65. The molecule has 0 radical (unpaired) electrons. The summed E-state index contributed by atoms with van der Waals surface area (Å²) in [5, 5.41) is 2.15. The Morgan fingerprint density at radius 1 is 1.29 bits per heavy atom. The first-order valence-electron chi connectivity index (χ1n) is 7.80. The minimum Gasteiger partial charge on any atom is -0.371 e. The van der Waals surface area contributed by atoms with Gasteiger partial charge in [0, 0.05) is 31.7 Å². The summed E-state index contributed by atoms with van der Waals surface area (Å²) < 4.78 is 0. The molecule has 1 aromatic carbocycles. The third-order valence-electron chi connectivity index (χ3n) is 4.27. The van der Waals surface area contributed by atoms with Crippen molar-refractivity contribution < 1.29 is 14.4 Å². The Bertz CT molecular complexity index is 745. The largest absolute Gasteiger partial charge is 0.371 e. The highest BCUT2D eigenvalue weighted by Gasteiger charge is 2.33. The monoisotopic (exact) mass is 347 g/mol. The molecule has 2 aliphatic rings. The highest BCUT2D eigenvalue weighted by molar-refractivity contribution is 6.30. The van der Waals surface area contributed by atoms with E-state index in [9.17, 15) is 14.4 Å². The Labute approximate surface area is 145 Å². The van der Waals surface area contributed by atoms with Gasteiger partial charge in [0.2, 0.25) is 0 Å². The van der Waals surface area contributed by atoms with E-state index in [-0.39, 0.29) is 5.57 Å². The second-order valence-corrected chi connectivity index (χ2v) is 6.23. The standard InChI is InChI=1S/C17H18ClN3O3/c1-20-16(23)13(15(22)19-17(20)24)10-11-3-4-14-12(9-11)5-8-21(14)7-2-6-18/h3-4,9-10H,2,5-8H2,1H3,(H,19,22,24). The van der Waals surface area contributed by atoms with Crippen molar-refractivity contribution in [1.29, 1.82) is 0 Å². The molecule has 1 fully saturated rings. The molecule has 0 bridgehead atoms. The molecule has 0 unspecified atom stereocenters. The molecule has 24 heavy (non-hydrogen) atoms. The Morgan fingerprint density at radius 3 is 2.83 bits per heavy atom. The van der Waals surface area contributed by atoms with Crippen LogP contribution in [0.4, 0.5) is 10.5 Å². The molecule has 6 nitrogen and oxygen atoms in total. The maximum atomic E-state index is 12.1. The first kappa shape index (κ1) is 16.5. The van der Waals surface area contributed by atoms with E-state index in [1.54, 1.807) is 0 Å². The number of hydrogen-bond acceptors (Lipinski definition) is 4. The molecular formula is C17H18ClN3O3. The fourth-order valence-electron chi connectivity index (χ4n) is 2.97. The van der Waals surface area contributed by atoms with Gasteiger partial charge in [-0.15, -0.1) is 11.6 Å². The molecule has 1 N–H and O–H groups in total. The van der Waals surface area contributed by atoms with E-state index < -0.39 is 17.8 Å². The first-order valence-corrected chi connectivity index (χ1v) is 8.33. The van der Waals surface area contributed by atoms with Gasteiger partial charge >= 0.3 is 6.03 Å². The molecule has 0 saturated carbocycles. The van der Waals surface area contributed by atoms with Crippen LogP contribution in [-0.4, -0.2) is 48.8 Å². The maximum Gasteiger partial charge on any atom is 0.331 e. The molecule has 3 rings (SSSR count). The molecule has 126 valence electrons. The smallest absolute Gasteiger partial charge is 0.331 e. The number of likely N-dealkylation sites (N-methyl/N-ethyl adjacent to an activating group) is 1. The van der Waals surface area contributed by atoms with E-state index in [1.165, 1.54) is 24.4 Å². The number of urea groups is 1. The highest BCUT2D eigenvalue weighted by atomic mass is 35.5. The topological polar surface area (TPSA) is 69.7 Å². The summed E-state index contributed by atoms with van der Waals surface area (Å²) in [4.78, 5) is 38.6. The molecule has 2 aliphatic heterocycles. The Balaban J connectivity index is 1.85. The number of anilines is 1. The van der Waals surface area contributed by atoms with Gasteiger partial charge < -0.3 is 4.90 Å². The molecule has 0 aliphatic carbocycles. The van der Waals surface area contributed by atoms with E-state index in [4.69, 9.17) is 11.6 Å². The summed E-state index contributed by atoms with van der Waals surface area (Å²) >= 11 is 5.76. The summed E-state index contributed by atoms with van der Waals surface area (Å²) in [6.07, 6.45) is 3.39. The number of carbonyl (C=O) groups excluding carboxylic acids is 3. The van der Waals surface area contributed by atoms with Gasteiger partial charge in [-0.25, -0.2) is 4.79 Å². The summed E-state index contributed by atoms with van der Waals surface area (Å²) in [5.41, 5.74) is 3.10. The molecule has 0 spiro atoms. The van der Waals surface area contributed by atoms with Crippen LogP contribution in [0.25, 0.3) is 6.08 Å². The van der Waals surface area contributed by atoms with Crippen LogP contribution >= 0.6 is 11.6 Å². The number of carbonyl (C=O) groups is 3. The number of imide groups is 2. The second-order valence-electron chi connectivity index (χ2n) is 5.85. The zero-order chi connectivity index (χ0) is 17.3. The van der Waals surface area contributed by atoms with Crippen LogP contribution in [0, 0.1) is 0 Å². The van der Waals surface area contributed by atoms with Crippen molar-refractivity contribution in [3.8, 4) is 0 Å². The lowest BCUT2D eigenvalue weighted by atomic mass is 10.0. The molecule has 0 aromatic heterocycles. The van der Waals surface area contributed by atoms with Gasteiger partial charge in [-0.1, -0.05) is 6.07 Å². The van der Waals surface area contributed by atoms with Crippen LogP contribution < -0.4 is 10.2 Å². The first-order chi connectivity index (χ1) is 11.5. The molecule has 2 heterocycles. The number of fused-ring (bicyclic) bond motifs is 1. The van der Waals surface area contributed by atoms with Gasteiger partial charge in [0.05, 0.1) is 0 Å². The van der Waals surface area contributed by atoms with E-state index in [2.05, 4.69) is 10.2 Å². The Hall–Kier alpha value is -2.34. The van der Waals surface area contributed by atoms with Crippen molar-refractivity contribution in [2.24, 2.45) is 0 Å². The summed E-state index contributed by atoms with van der Waals surface area (Å²) in [5.74, 6) is -0.611. The molecule has 0 atom stereocenters. The molecule has 1 saturated heterocycles. The van der Waals surface area contributed by atoms with E-state index in [0.717, 1.165) is 36.4 Å². The van der Waals surface area contributed by atoms with Crippen molar-refractivity contribution in [3.05, 3.63) is 34.9 Å². The summed E-state index contributed by atoms with van der Waals surface area (Å²) in [6, 6.07) is 5.16. The fourth-order valence-corrected chi connectivity index (χ4v) is 3.09. The predicted molar refractivity (Wildman–Crippen MR) is 92.0 cm³/mol. The minimum absolute atomic E-state index is 0.0333. The number of benzene rings is 1. The number of alkyl halides is 1. The number of nitrogens with one attached hydrogen (secondary N) is 1. The van der Waals surface area contributed by atoms with Crippen molar-refractivity contribution in [2.45, 2.75) is 12.8 Å². The molecular weight excluding hydrogens is 330 g/mol. The summed E-state index contributed by atoms with van der Waals surface area (Å²) in [6.45, 7) is 1.87. The van der Waals surface area contributed by atoms with Crippen LogP contribution in [0.1, 0.15) is 17.5 Å². The van der Waals surface area contributed by atoms with E-state index >= 15 is 0 Å². The number of nitrogens with zero attached hydrogens (tertiary/aromatic N) is 2. The predicted octanol–water partition coefficient (Wildman–Crippen LogP) is 1.77. The molecule has 7 heteroatoms. The number of barbiturate groups is 1. The van der Waals surface area contributed by atoms with Gasteiger partial charge in [0.25, 0.3) is 11.8 Å². The van der Waals surface area contributed by atoms with Crippen molar-refractivity contribution in [1.82, 2.24) is 10.2 Å². The maximum absolute atomic E-state index is 12.1. The van der Waals surface area contributed by atoms with Gasteiger partial charge in [0.15, 0.2) is 0 Å². The lowest BCUT2D eigenvalue weighted by molar-refractivity contribution is -0.129. The van der Waals surface area contributed by atoms with Gasteiger partial charge in [0.1, 0.15) is 5.57 Å². The number of amides is 4. The van der Waals surface area contributed by atoms with Crippen molar-refractivity contribution in [3.63, 3.8) is 0 Å². The molecule has 1 aromatic rings. The van der Waals surface area contributed by atoms with Crippen LogP contribution in [0.15, 0.2) is 23.8 Å². The quantitative estimate of drug-likeness (QED) is 0.512. The third kappa shape index (κ3) is 3.01. The van der Waals surface area contributed by atoms with Gasteiger partial charge in [-0.3, -0.25) is 19.8 Å². The number of rotatable bonds is 4. The lowest BCUT2D eigenvalue weighted by Crippen LogP contribution is -2.52. The average Bonchev–Trinajstić information content (AvgIpc) is 2.97. The lowest BCUT2D eigenvalue weighted by Gasteiger charge is -2.22. The zero-order valence-electron chi connectivity index (χ0n) is 13.3. The zero-order valence-corrected chi connectivity index (χ0v) is 14.1. The van der Waals surface area contributed by atoms with Crippen LogP contribution in [-0.2, 0) is 16.0 Å². The molecule has 4 amide bonds. The van der Waals surface area contributed by atoms with Crippen molar-refractivity contribution in [2.75, 3.05) is 30.9 Å². The normalized spacial score (nSPS) is 19.1. The van der Waals surface area contributed by atoms with Crippen LogP contribution in [0.5, 0.6) is 0 Å². The van der Waals surface area contributed by atoms with Crippen LogP contribution in [0.3, 0.4) is 0 Å². The van der Waals surface area contributed by atoms with Crippen molar-refractivity contribution >= 4 is 41.2 Å². The SMILES string of the molecule is CN1C(=O)NC(=O)C(=Cc2ccc3c(c2)CCN3CCCCl)C1=O. The number of halogens is 1. The van der Waals surface area contributed by atoms with Crippen LogP contribution in [0.2, 0.25) is 0 Å². The van der Waals surface area contributed by atoms with E-state index in [1.807, 2.05) is 18.2 Å². The third-order valence-corrected chi connectivity index (χ3v) is 4.54. The highest BCUT2D eigenvalue weighted by Crippen LogP contribution is 2.29. The Morgan fingerprint density at radius 2 is 2.08 bits per heavy atom. The fraction of sp³-hybridized carbons (Fsp3) is 0.353. The van der Waals surface area contributed by atoms with E-state index in [0.29, 0.717) is 5.88 Å². The van der Waals surface area contributed by atoms with Gasteiger partial charge in [-0.05, 0) is 42.2 Å². The van der Waals surface area contributed by atoms with Gasteiger partial charge in [-0.2, -0.15) is 0 Å².